The molecule has 0 radical (unpaired) electrons. The highest BCUT2D eigenvalue weighted by Crippen LogP contribution is 1.79. The Morgan fingerprint density at radius 2 is 2.29 bits per heavy atom. The summed E-state index contributed by atoms with van der Waals surface area (Å²) in [6.07, 6.45) is 0. The summed E-state index contributed by atoms with van der Waals surface area (Å²) in [6.45, 7) is 6.51. The molecule has 0 saturated carbocycles. The second-order valence-electron chi connectivity index (χ2n) is 0.817. The monoisotopic (exact) mass is 114 g/mol. The maximum Gasteiger partial charge on any atom is 0.0774 e. The third kappa shape index (κ3) is 3.23. The summed E-state index contributed by atoms with van der Waals surface area (Å²) in [5.74, 6) is 0. The average Bonchev–Trinajstić information content (AvgIpc) is 1.68. The van der Waals surface area contributed by atoms with Crippen molar-refractivity contribution in [1.82, 2.24) is 0 Å². The predicted octanol–water partition coefficient (Wildman–Crippen LogP) is 1.18. The Morgan fingerprint density at radius 1 is 1.71 bits per heavy atom. The van der Waals surface area contributed by atoms with Crippen molar-refractivity contribution in [2.24, 2.45) is 0 Å². The van der Waals surface area contributed by atoms with Gasteiger partial charge in [-0.15, -0.1) is 5.73 Å². The molecule has 0 fully saturated rings. The van der Waals surface area contributed by atoms with E-state index in [0.29, 0.717) is 0 Å². The van der Waals surface area contributed by atoms with Crippen molar-refractivity contribution < 1.29 is 4.21 Å². The minimum atomic E-state index is -1.06. The lowest BCUT2D eigenvalue weighted by molar-refractivity contribution is 0.693. The Balaban J connectivity index is 3.82. The standard InChI is InChI=1S/C5H6OS/c1-3-5-7(6)4-2/h4-5H,1-2H2. The van der Waals surface area contributed by atoms with Crippen LogP contribution in [-0.2, 0) is 10.8 Å². The molecule has 0 rings (SSSR count). The van der Waals surface area contributed by atoms with E-state index in [2.05, 4.69) is 18.9 Å². The zero-order valence-corrected chi connectivity index (χ0v) is 4.70. The van der Waals surface area contributed by atoms with Crippen molar-refractivity contribution in [1.29, 1.82) is 0 Å². The van der Waals surface area contributed by atoms with Crippen LogP contribution in [0.4, 0.5) is 0 Å². The molecule has 0 saturated heterocycles. The van der Waals surface area contributed by atoms with Crippen LogP contribution in [0.3, 0.4) is 0 Å². The number of rotatable bonds is 2. The molecular weight excluding hydrogens is 108 g/mol. The van der Waals surface area contributed by atoms with E-state index in [1.54, 1.807) is 0 Å². The quantitative estimate of drug-likeness (QED) is 0.492. The van der Waals surface area contributed by atoms with Gasteiger partial charge in [-0.1, -0.05) is 13.2 Å². The van der Waals surface area contributed by atoms with Crippen molar-refractivity contribution in [3.05, 3.63) is 29.7 Å². The molecule has 0 aliphatic heterocycles. The van der Waals surface area contributed by atoms with Gasteiger partial charge >= 0.3 is 0 Å². The molecule has 0 aliphatic carbocycles. The van der Waals surface area contributed by atoms with E-state index in [1.165, 1.54) is 10.8 Å². The van der Waals surface area contributed by atoms with Crippen molar-refractivity contribution in [2.75, 3.05) is 0 Å². The van der Waals surface area contributed by atoms with Crippen LogP contribution in [-0.4, -0.2) is 4.21 Å². The van der Waals surface area contributed by atoms with Crippen molar-refractivity contribution >= 4 is 10.8 Å². The van der Waals surface area contributed by atoms with E-state index < -0.39 is 10.8 Å². The molecule has 0 bridgehead atoms. The smallest absolute Gasteiger partial charge is 0.0774 e. The Hall–Kier alpha value is -0.590. The second kappa shape index (κ2) is 3.59. The van der Waals surface area contributed by atoms with E-state index in [4.69, 9.17) is 0 Å². The normalized spacial score (nSPS) is 11.4. The van der Waals surface area contributed by atoms with E-state index in [1.807, 2.05) is 0 Å². The van der Waals surface area contributed by atoms with Gasteiger partial charge in [-0.25, -0.2) is 4.21 Å². The van der Waals surface area contributed by atoms with Gasteiger partial charge in [0, 0.05) is 10.8 Å². The molecule has 0 heterocycles. The molecule has 7 heavy (non-hydrogen) atoms. The predicted molar refractivity (Wildman–Crippen MR) is 32.0 cm³/mol. The van der Waals surface area contributed by atoms with Gasteiger partial charge in [-0.2, -0.15) is 0 Å². The molecule has 0 aliphatic rings. The lowest BCUT2D eigenvalue weighted by atomic mass is 11.0. The van der Waals surface area contributed by atoms with Crippen LogP contribution in [0.5, 0.6) is 0 Å². The summed E-state index contributed by atoms with van der Waals surface area (Å²) in [4.78, 5) is 0. The van der Waals surface area contributed by atoms with E-state index >= 15 is 0 Å². The highest BCUT2D eigenvalue weighted by Gasteiger charge is 1.74. The van der Waals surface area contributed by atoms with E-state index in [0.717, 1.165) is 0 Å². The molecule has 0 aromatic rings. The van der Waals surface area contributed by atoms with Crippen LogP contribution < -0.4 is 0 Å². The first kappa shape index (κ1) is 6.41. The largest absolute Gasteiger partial charge is 0.250 e. The molecule has 0 spiro atoms. The van der Waals surface area contributed by atoms with Crippen molar-refractivity contribution in [3.8, 4) is 0 Å². The summed E-state index contributed by atoms with van der Waals surface area (Å²) in [6, 6.07) is 0. The van der Waals surface area contributed by atoms with Gasteiger partial charge in [0.1, 0.15) is 0 Å². The zero-order valence-electron chi connectivity index (χ0n) is 3.89. The lowest BCUT2D eigenvalue weighted by Crippen LogP contribution is -1.68. The molecule has 38 valence electrons. The molecule has 0 aromatic carbocycles. The van der Waals surface area contributed by atoms with Gasteiger partial charge in [0.05, 0.1) is 10.8 Å². The molecular formula is C5H6OS. The minimum absolute atomic E-state index is 1.06. The van der Waals surface area contributed by atoms with Crippen molar-refractivity contribution in [2.45, 2.75) is 0 Å². The Kier molecular flexibility index (Phi) is 3.29. The third-order valence-corrected chi connectivity index (χ3v) is 1.09. The fourth-order valence-electron chi connectivity index (χ4n) is 0.130. The fourth-order valence-corrected chi connectivity index (χ4v) is 0.391. The summed E-state index contributed by atoms with van der Waals surface area (Å²) in [5.41, 5.74) is 2.37. The van der Waals surface area contributed by atoms with Crippen LogP contribution in [0.1, 0.15) is 0 Å². The van der Waals surface area contributed by atoms with Crippen LogP contribution in [0.25, 0.3) is 0 Å². The summed E-state index contributed by atoms with van der Waals surface area (Å²) in [7, 11) is -1.06. The maximum atomic E-state index is 10.2. The van der Waals surface area contributed by atoms with Crippen LogP contribution in [0.15, 0.2) is 29.7 Å². The molecule has 0 N–H and O–H groups in total. The van der Waals surface area contributed by atoms with Gasteiger partial charge in [-0.3, -0.25) is 0 Å². The van der Waals surface area contributed by atoms with Gasteiger partial charge in [-0.05, 0) is 0 Å². The van der Waals surface area contributed by atoms with Gasteiger partial charge in [0.25, 0.3) is 0 Å². The Morgan fingerprint density at radius 3 is 2.43 bits per heavy atom. The van der Waals surface area contributed by atoms with Crippen LogP contribution in [0, 0.1) is 0 Å². The number of hydrogen-bond donors (Lipinski definition) is 0. The summed E-state index contributed by atoms with van der Waals surface area (Å²) in [5, 5.41) is 2.66. The van der Waals surface area contributed by atoms with E-state index in [9.17, 15) is 4.21 Å². The molecule has 0 amide bonds. The van der Waals surface area contributed by atoms with Gasteiger partial charge in [0.15, 0.2) is 0 Å². The summed E-state index contributed by atoms with van der Waals surface area (Å²) >= 11 is 0. The first-order valence-electron chi connectivity index (χ1n) is 1.69. The molecule has 1 nitrogen and oxygen atoms in total. The second-order valence-corrected chi connectivity index (χ2v) is 2.04. The van der Waals surface area contributed by atoms with Gasteiger partial charge < -0.3 is 0 Å². The van der Waals surface area contributed by atoms with Crippen LogP contribution in [0.2, 0.25) is 0 Å². The summed E-state index contributed by atoms with van der Waals surface area (Å²) < 4.78 is 10.2. The average molecular weight is 114 g/mol. The first-order chi connectivity index (χ1) is 3.31. The SMILES string of the molecule is C=C=CS(=O)C=C. The molecule has 1 atom stereocenters. The fraction of sp³-hybridized carbons (Fsp3) is 0. The Bertz CT molecular complexity index is 131. The van der Waals surface area contributed by atoms with Crippen LogP contribution >= 0.6 is 0 Å². The highest BCUT2D eigenvalue weighted by molar-refractivity contribution is 7.90. The number of hydrogen-bond acceptors (Lipinski definition) is 1. The highest BCUT2D eigenvalue weighted by atomic mass is 32.2. The zero-order chi connectivity index (χ0) is 5.70. The first-order valence-corrected chi connectivity index (χ1v) is 2.96. The van der Waals surface area contributed by atoms with E-state index in [-0.39, 0.29) is 0 Å². The molecule has 2 heteroatoms. The Labute approximate surface area is 45.5 Å². The maximum absolute atomic E-state index is 10.2. The van der Waals surface area contributed by atoms with Crippen molar-refractivity contribution in [3.63, 3.8) is 0 Å². The third-order valence-electron chi connectivity index (χ3n) is 0.364. The molecule has 0 aromatic heterocycles. The minimum Gasteiger partial charge on any atom is -0.250 e. The van der Waals surface area contributed by atoms with Gasteiger partial charge in [0.2, 0.25) is 0 Å². The molecule has 1 unspecified atom stereocenters. The topological polar surface area (TPSA) is 17.1 Å². The lowest BCUT2D eigenvalue weighted by Gasteiger charge is -1.71.